The largest absolute Gasteiger partial charge is 0.372 e. The van der Waals surface area contributed by atoms with E-state index in [4.69, 9.17) is 9.29 Å². The Hall–Kier alpha value is -1.69. The molecule has 0 aromatic heterocycles. The summed E-state index contributed by atoms with van der Waals surface area (Å²) in [5, 5.41) is 0. The van der Waals surface area contributed by atoms with Gasteiger partial charge in [0.15, 0.2) is 0 Å². The number of ether oxygens (including phenoxy) is 1. The standard InChI is InChI=1S/C14H14O.CH4O3S/c1-3-7-13(8-4-1)11-15-12-14-9-5-2-6-10-14;1-5(2,3)4/h1-10H,11-12H2;1H3,(H,2,3,4). The first-order valence-electron chi connectivity index (χ1n) is 6.03. The summed E-state index contributed by atoms with van der Waals surface area (Å²) in [6.45, 7) is 1.35. The van der Waals surface area contributed by atoms with Crippen LogP contribution < -0.4 is 0 Å². The Morgan fingerprint density at radius 1 is 0.850 bits per heavy atom. The summed E-state index contributed by atoms with van der Waals surface area (Å²) < 4.78 is 31.5. The normalized spacial score (nSPS) is 10.5. The molecule has 20 heavy (non-hydrogen) atoms. The molecule has 1 N–H and O–H groups in total. The molecule has 4 nitrogen and oxygen atoms in total. The van der Waals surface area contributed by atoms with Gasteiger partial charge in [-0.3, -0.25) is 4.55 Å². The zero-order valence-electron chi connectivity index (χ0n) is 11.3. The monoisotopic (exact) mass is 294 g/mol. The quantitative estimate of drug-likeness (QED) is 0.881. The van der Waals surface area contributed by atoms with Crippen LogP contribution >= 0.6 is 0 Å². The van der Waals surface area contributed by atoms with Crippen molar-refractivity contribution in [2.24, 2.45) is 0 Å². The van der Waals surface area contributed by atoms with E-state index >= 15 is 0 Å². The van der Waals surface area contributed by atoms with Crippen LogP contribution in [0.3, 0.4) is 0 Å². The van der Waals surface area contributed by atoms with E-state index in [0.717, 1.165) is 0 Å². The first-order chi connectivity index (χ1) is 9.45. The van der Waals surface area contributed by atoms with Gasteiger partial charge in [-0.05, 0) is 11.1 Å². The number of hydrogen-bond donors (Lipinski definition) is 1. The maximum absolute atomic E-state index is 9.19. The molecule has 0 fully saturated rings. The van der Waals surface area contributed by atoms with E-state index in [2.05, 4.69) is 24.3 Å². The Morgan fingerprint density at radius 2 is 1.15 bits per heavy atom. The summed E-state index contributed by atoms with van der Waals surface area (Å²) in [6, 6.07) is 20.4. The minimum Gasteiger partial charge on any atom is -0.372 e. The smallest absolute Gasteiger partial charge is 0.261 e. The fraction of sp³-hybridized carbons (Fsp3) is 0.200. The lowest BCUT2D eigenvalue weighted by molar-refractivity contribution is 0.107. The van der Waals surface area contributed by atoms with E-state index in [1.54, 1.807) is 0 Å². The Labute approximate surface area is 119 Å². The van der Waals surface area contributed by atoms with E-state index < -0.39 is 10.1 Å². The maximum atomic E-state index is 9.19. The van der Waals surface area contributed by atoms with Crippen molar-refractivity contribution in [1.82, 2.24) is 0 Å². The van der Waals surface area contributed by atoms with Gasteiger partial charge in [-0.1, -0.05) is 60.7 Å². The van der Waals surface area contributed by atoms with Crippen molar-refractivity contribution in [1.29, 1.82) is 0 Å². The number of benzene rings is 2. The second kappa shape index (κ2) is 8.47. The fourth-order valence-electron chi connectivity index (χ4n) is 1.44. The molecular formula is C15H18O4S. The maximum Gasteiger partial charge on any atom is 0.261 e. The van der Waals surface area contributed by atoms with Gasteiger partial charge in [0.1, 0.15) is 0 Å². The van der Waals surface area contributed by atoms with Gasteiger partial charge in [0.05, 0.1) is 19.5 Å². The minimum atomic E-state index is -3.67. The van der Waals surface area contributed by atoms with Crippen LogP contribution in [0.15, 0.2) is 60.7 Å². The molecule has 2 rings (SSSR count). The van der Waals surface area contributed by atoms with Crippen molar-refractivity contribution in [3.05, 3.63) is 71.8 Å². The van der Waals surface area contributed by atoms with Crippen LogP contribution in [0.25, 0.3) is 0 Å². The Bertz CT molecular complexity index is 532. The zero-order valence-corrected chi connectivity index (χ0v) is 12.1. The highest BCUT2D eigenvalue weighted by atomic mass is 32.2. The SMILES string of the molecule is CS(=O)(=O)O.c1ccc(COCc2ccccc2)cc1. The average Bonchev–Trinajstić information content (AvgIpc) is 2.39. The summed E-state index contributed by atoms with van der Waals surface area (Å²) in [4.78, 5) is 0. The molecule has 0 radical (unpaired) electrons. The van der Waals surface area contributed by atoms with Crippen molar-refractivity contribution in [3.8, 4) is 0 Å². The third-order valence-electron chi connectivity index (χ3n) is 2.22. The highest BCUT2D eigenvalue weighted by Crippen LogP contribution is 2.05. The van der Waals surface area contributed by atoms with E-state index in [-0.39, 0.29) is 0 Å². The van der Waals surface area contributed by atoms with Crippen molar-refractivity contribution < 1.29 is 17.7 Å². The number of rotatable bonds is 4. The summed E-state index contributed by atoms with van der Waals surface area (Å²) >= 11 is 0. The van der Waals surface area contributed by atoms with Crippen LogP contribution in [-0.4, -0.2) is 19.2 Å². The molecular weight excluding hydrogens is 276 g/mol. The van der Waals surface area contributed by atoms with Crippen LogP contribution in [0.4, 0.5) is 0 Å². The molecule has 0 aliphatic heterocycles. The summed E-state index contributed by atoms with van der Waals surface area (Å²) in [5.41, 5.74) is 2.43. The predicted octanol–water partition coefficient (Wildman–Crippen LogP) is 2.91. The molecule has 0 saturated heterocycles. The first-order valence-corrected chi connectivity index (χ1v) is 7.88. The second-order valence-corrected chi connectivity index (χ2v) is 5.66. The molecule has 0 atom stereocenters. The van der Waals surface area contributed by atoms with Gasteiger partial charge in [-0.15, -0.1) is 0 Å². The molecule has 5 heteroatoms. The summed E-state index contributed by atoms with van der Waals surface area (Å²) in [7, 11) is -3.67. The molecule has 0 aliphatic rings. The van der Waals surface area contributed by atoms with Gasteiger partial charge in [0.25, 0.3) is 10.1 Å². The lowest BCUT2D eigenvalue weighted by Crippen LogP contribution is -1.93. The van der Waals surface area contributed by atoms with Crippen molar-refractivity contribution in [2.45, 2.75) is 13.2 Å². The lowest BCUT2D eigenvalue weighted by Gasteiger charge is -2.03. The molecule has 0 bridgehead atoms. The van der Waals surface area contributed by atoms with E-state index in [9.17, 15) is 8.42 Å². The predicted molar refractivity (Wildman–Crippen MR) is 78.8 cm³/mol. The van der Waals surface area contributed by atoms with E-state index in [1.807, 2.05) is 36.4 Å². The van der Waals surface area contributed by atoms with Crippen LogP contribution in [0.5, 0.6) is 0 Å². The van der Waals surface area contributed by atoms with Crippen molar-refractivity contribution in [2.75, 3.05) is 6.26 Å². The average molecular weight is 294 g/mol. The minimum absolute atomic E-state index is 0.676. The highest BCUT2D eigenvalue weighted by molar-refractivity contribution is 7.85. The van der Waals surface area contributed by atoms with Gasteiger partial charge in [0.2, 0.25) is 0 Å². The lowest BCUT2D eigenvalue weighted by atomic mass is 10.2. The third kappa shape index (κ3) is 9.27. The molecule has 0 heterocycles. The molecule has 0 unspecified atom stereocenters. The van der Waals surface area contributed by atoms with Crippen LogP contribution in [0, 0.1) is 0 Å². The molecule has 0 aliphatic carbocycles. The van der Waals surface area contributed by atoms with E-state index in [0.29, 0.717) is 19.5 Å². The van der Waals surface area contributed by atoms with Crippen LogP contribution in [0.2, 0.25) is 0 Å². The Kier molecular flexibility index (Phi) is 6.93. The van der Waals surface area contributed by atoms with Gasteiger partial charge < -0.3 is 4.74 Å². The Morgan fingerprint density at radius 3 is 1.45 bits per heavy atom. The molecule has 0 amide bonds. The topological polar surface area (TPSA) is 63.6 Å². The van der Waals surface area contributed by atoms with Crippen LogP contribution in [0.1, 0.15) is 11.1 Å². The molecule has 2 aromatic carbocycles. The number of hydrogen-bond acceptors (Lipinski definition) is 3. The molecule has 2 aromatic rings. The zero-order chi connectivity index (χ0) is 14.8. The van der Waals surface area contributed by atoms with E-state index in [1.165, 1.54) is 11.1 Å². The fourth-order valence-corrected chi connectivity index (χ4v) is 1.44. The first kappa shape index (κ1) is 16.4. The molecule has 0 saturated carbocycles. The van der Waals surface area contributed by atoms with Gasteiger partial charge >= 0.3 is 0 Å². The third-order valence-corrected chi connectivity index (χ3v) is 2.22. The van der Waals surface area contributed by atoms with Crippen molar-refractivity contribution >= 4 is 10.1 Å². The molecule has 0 spiro atoms. The van der Waals surface area contributed by atoms with Gasteiger partial charge in [0, 0.05) is 0 Å². The summed E-state index contributed by atoms with van der Waals surface area (Å²) in [5.74, 6) is 0. The van der Waals surface area contributed by atoms with Crippen molar-refractivity contribution in [3.63, 3.8) is 0 Å². The molecule has 108 valence electrons. The van der Waals surface area contributed by atoms with Crippen LogP contribution in [-0.2, 0) is 28.1 Å². The second-order valence-electron chi connectivity index (χ2n) is 4.20. The Balaban J connectivity index is 0.000000347. The summed E-state index contributed by atoms with van der Waals surface area (Å²) in [6.07, 6.45) is 0.715. The van der Waals surface area contributed by atoms with Gasteiger partial charge in [-0.2, -0.15) is 8.42 Å². The highest BCUT2D eigenvalue weighted by Gasteiger charge is 1.93. The van der Waals surface area contributed by atoms with Gasteiger partial charge in [-0.25, -0.2) is 0 Å².